The number of rotatable bonds is 2. The first kappa shape index (κ1) is 18.7. The molecule has 0 radical (unpaired) electrons. The maximum absolute atomic E-state index is 9.22. The van der Waals surface area contributed by atoms with Gasteiger partial charge in [-0.3, -0.25) is 0 Å². The van der Waals surface area contributed by atoms with E-state index in [2.05, 4.69) is 83.4 Å². The number of nitriles is 1. The molecule has 7 aromatic rings. The summed E-state index contributed by atoms with van der Waals surface area (Å²) in [5, 5.41) is 13.8. The number of aromatic nitrogens is 1. The minimum Gasteiger partial charge on any atom is -0.455 e. The standard InChI is InChI=1S/C31H18N2O/c32-19-20-13-15-21(16-14-20)22-7-1-4-10-26(22)33-27-11-5-2-9-25(27)30-28(33)18-17-24-23-8-3-6-12-29(23)34-31(24)30/h1-18H. The third kappa shape index (κ3) is 2.57. The van der Waals surface area contributed by atoms with Gasteiger partial charge >= 0.3 is 0 Å². The Hall–Kier alpha value is -4.81. The topological polar surface area (TPSA) is 41.9 Å². The van der Waals surface area contributed by atoms with Crippen LogP contribution < -0.4 is 0 Å². The fraction of sp³-hybridized carbons (Fsp3) is 0. The number of furan rings is 1. The van der Waals surface area contributed by atoms with Gasteiger partial charge in [0.2, 0.25) is 0 Å². The van der Waals surface area contributed by atoms with Crippen molar-refractivity contribution in [3.8, 4) is 22.9 Å². The van der Waals surface area contributed by atoms with Gasteiger partial charge in [0.1, 0.15) is 11.2 Å². The number of benzene rings is 5. The summed E-state index contributed by atoms with van der Waals surface area (Å²) in [6.07, 6.45) is 0. The highest BCUT2D eigenvalue weighted by Gasteiger charge is 2.19. The van der Waals surface area contributed by atoms with Crippen LogP contribution in [0.3, 0.4) is 0 Å². The molecular formula is C31H18N2O. The molecule has 0 aliphatic heterocycles. The molecule has 0 spiro atoms. The Morgan fingerprint density at radius 1 is 0.618 bits per heavy atom. The zero-order chi connectivity index (χ0) is 22.6. The minimum atomic E-state index is 0.658. The van der Waals surface area contributed by atoms with Crippen molar-refractivity contribution in [1.29, 1.82) is 5.26 Å². The molecular weight excluding hydrogens is 416 g/mol. The molecule has 0 aliphatic rings. The van der Waals surface area contributed by atoms with Gasteiger partial charge in [0, 0.05) is 21.7 Å². The quantitative estimate of drug-likeness (QED) is 0.275. The van der Waals surface area contributed by atoms with Crippen LogP contribution in [0.15, 0.2) is 114 Å². The van der Waals surface area contributed by atoms with Crippen LogP contribution in [0.4, 0.5) is 0 Å². The van der Waals surface area contributed by atoms with E-state index in [4.69, 9.17) is 4.42 Å². The highest BCUT2D eigenvalue weighted by atomic mass is 16.3. The lowest BCUT2D eigenvalue weighted by molar-refractivity contribution is 0.673. The lowest BCUT2D eigenvalue weighted by Gasteiger charge is -2.14. The van der Waals surface area contributed by atoms with E-state index in [1.165, 1.54) is 0 Å². The lowest BCUT2D eigenvalue weighted by Crippen LogP contribution is -1.97. The van der Waals surface area contributed by atoms with Crippen LogP contribution in [-0.2, 0) is 0 Å². The van der Waals surface area contributed by atoms with Crippen LogP contribution >= 0.6 is 0 Å². The van der Waals surface area contributed by atoms with Crippen molar-refractivity contribution in [3.63, 3.8) is 0 Å². The predicted molar refractivity (Wildman–Crippen MR) is 138 cm³/mol. The maximum Gasteiger partial charge on any atom is 0.145 e. The molecule has 34 heavy (non-hydrogen) atoms. The molecule has 0 fully saturated rings. The third-order valence-corrected chi connectivity index (χ3v) is 6.65. The van der Waals surface area contributed by atoms with E-state index >= 15 is 0 Å². The molecule has 0 unspecified atom stereocenters. The van der Waals surface area contributed by atoms with E-state index in [9.17, 15) is 5.26 Å². The second-order valence-corrected chi connectivity index (χ2v) is 8.49. The van der Waals surface area contributed by atoms with Crippen LogP contribution in [-0.4, -0.2) is 4.57 Å². The van der Waals surface area contributed by atoms with Gasteiger partial charge in [0.25, 0.3) is 0 Å². The molecule has 5 aromatic carbocycles. The predicted octanol–water partition coefficient (Wildman–Crippen LogP) is 8.22. The number of hydrogen-bond donors (Lipinski definition) is 0. The van der Waals surface area contributed by atoms with Gasteiger partial charge < -0.3 is 8.98 Å². The van der Waals surface area contributed by atoms with Crippen LogP contribution in [0, 0.1) is 11.3 Å². The van der Waals surface area contributed by atoms with E-state index in [0.29, 0.717) is 5.56 Å². The molecule has 0 amide bonds. The zero-order valence-corrected chi connectivity index (χ0v) is 18.2. The van der Waals surface area contributed by atoms with E-state index < -0.39 is 0 Å². The third-order valence-electron chi connectivity index (χ3n) is 6.65. The Kier molecular flexibility index (Phi) is 3.91. The van der Waals surface area contributed by atoms with Crippen molar-refractivity contribution in [3.05, 3.63) is 115 Å². The molecule has 0 atom stereocenters. The van der Waals surface area contributed by atoms with Crippen molar-refractivity contribution >= 4 is 43.7 Å². The molecule has 0 aliphatic carbocycles. The Morgan fingerprint density at radius 3 is 2.21 bits per heavy atom. The molecule has 0 bridgehead atoms. The highest BCUT2D eigenvalue weighted by molar-refractivity contribution is 6.23. The Balaban J connectivity index is 1.60. The molecule has 3 heteroatoms. The van der Waals surface area contributed by atoms with Crippen molar-refractivity contribution in [1.82, 2.24) is 4.57 Å². The largest absolute Gasteiger partial charge is 0.455 e. The van der Waals surface area contributed by atoms with Gasteiger partial charge in [-0.1, -0.05) is 66.7 Å². The van der Waals surface area contributed by atoms with Crippen molar-refractivity contribution in [2.75, 3.05) is 0 Å². The maximum atomic E-state index is 9.22. The molecule has 0 saturated heterocycles. The molecule has 0 N–H and O–H groups in total. The highest BCUT2D eigenvalue weighted by Crippen LogP contribution is 2.41. The lowest BCUT2D eigenvalue weighted by atomic mass is 10.0. The molecule has 158 valence electrons. The fourth-order valence-corrected chi connectivity index (χ4v) is 5.13. The summed E-state index contributed by atoms with van der Waals surface area (Å²) in [4.78, 5) is 0. The van der Waals surface area contributed by atoms with Crippen LogP contribution in [0.2, 0.25) is 0 Å². The van der Waals surface area contributed by atoms with E-state index in [-0.39, 0.29) is 0 Å². The number of para-hydroxylation sites is 3. The van der Waals surface area contributed by atoms with E-state index in [0.717, 1.165) is 60.6 Å². The molecule has 3 nitrogen and oxygen atoms in total. The normalized spacial score (nSPS) is 11.5. The van der Waals surface area contributed by atoms with Crippen LogP contribution in [0.5, 0.6) is 0 Å². The smallest absolute Gasteiger partial charge is 0.145 e. The summed E-state index contributed by atoms with van der Waals surface area (Å²) >= 11 is 0. The summed E-state index contributed by atoms with van der Waals surface area (Å²) < 4.78 is 8.74. The van der Waals surface area contributed by atoms with Gasteiger partial charge in [0.15, 0.2) is 0 Å². The van der Waals surface area contributed by atoms with Crippen molar-refractivity contribution in [2.24, 2.45) is 0 Å². The molecule has 2 heterocycles. The van der Waals surface area contributed by atoms with Gasteiger partial charge in [-0.15, -0.1) is 0 Å². The van der Waals surface area contributed by atoms with E-state index in [1.54, 1.807) is 0 Å². The average molecular weight is 434 g/mol. The minimum absolute atomic E-state index is 0.658. The second-order valence-electron chi connectivity index (χ2n) is 8.49. The van der Waals surface area contributed by atoms with Gasteiger partial charge in [-0.05, 0) is 48.0 Å². The van der Waals surface area contributed by atoms with Crippen molar-refractivity contribution < 1.29 is 4.42 Å². The Labute approximate surface area is 195 Å². The SMILES string of the molecule is N#Cc1ccc(-c2ccccc2-n2c3ccccc3c3c4oc5ccccc5c4ccc32)cc1. The first-order valence-electron chi connectivity index (χ1n) is 11.3. The number of hydrogen-bond acceptors (Lipinski definition) is 2. The zero-order valence-electron chi connectivity index (χ0n) is 18.2. The first-order chi connectivity index (χ1) is 16.8. The summed E-state index contributed by atoms with van der Waals surface area (Å²) in [7, 11) is 0. The van der Waals surface area contributed by atoms with E-state index in [1.807, 2.05) is 36.4 Å². The molecule has 2 aromatic heterocycles. The Bertz CT molecular complexity index is 1910. The summed E-state index contributed by atoms with van der Waals surface area (Å²) in [6.45, 7) is 0. The van der Waals surface area contributed by atoms with Crippen molar-refractivity contribution in [2.45, 2.75) is 0 Å². The Morgan fingerprint density at radius 2 is 1.35 bits per heavy atom. The monoisotopic (exact) mass is 434 g/mol. The van der Waals surface area contributed by atoms with Gasteiger partial charge in [0.05, 0.1) is 33.7 Å². The second kappa shape index (κ2) is 7.10. The van der Waals surface area contributed by atoms with Crippen LogP contribution in [0.25, 0.3) is 60.6 Å². The fourth-order valence-electron chi connectivity index (χ4n) is 5.13. The number of fused-ring (bicyclic) bond motifs is 7. The summed E-state index contributed by atoms with van der Waals surface area (Å²) in [6, 6.07) is 39.5. The van der Waals surface area contributed by atoms with Gasteiger partial charge in [-0.25, -0.2) is 0 Å². The summed E-state index contributed by atoms with van der Waals surface area (Å²) in [5.74, 6) is 0. The van der Waals surface area contributed by atoms with Crippen LogP contribution in [0.1, 0.15) is 5.56 Å². The van der Waals surface area contributed by atoms with Gasteiger partial charge in [-0.2, -0.15) is 5.26 Å². The first-order valence-corrected chi connectivity index (χ1v) is 11.3. The average Bonchev–Trinajstić information content (AvgIpc) is 3.44. The number of nitrogens with zero attached hydrogens (tertiary/aromatic N) is 2. The molecule has 0 saturated carbocycles. The molecule has 7 rings (SSSR count). The summed E-state index contributed by atoms with van der Waals surface area (Å²) in [5.41, 5.74) is 7.99.